The first-order valence-electron chi connectivity index (χ1n) is 6.63. The number of carbonyl (C=O) groups is 1. The minimum Gasteiger partial charge on any atom is -0.395 e. The van der Waals surface area contributed by atoms with Crippen LogP contribution in [0.2, 0.25) is 0 Å². The molecule has 0 radical (unpaired) electrons. The number of anilines is 1. The Kier molecular flexibility index (Phi) is 5.08. The van der Waals surface area contributed by atoms with Crippen molar-refractivity contribution >= 4 is 11.6 Å². The van der Waals surface area contributed by atoms with Gasteiger partial charge in [0.15, 0.2) is 0 Å². The fourth-order valence-electron chi connectivity index (χ4n) is 1.79. The lowest BCUT2D eigenvalue weighted by atomic mass is 10.1. The van der Waals surface area contributed by atoms with Crippen LogP contribution in [0.25, 0.3) is 0 Å². The molecule has 4 heteroatoms. The van der Waals surface area contributed by atoms with Gasteiger partial charge in [0.2, 0.25) is 0 Å². The number of benzene rings is 1. The second-order valence-corrected chi connectivity index (χ2v) is 4.47. The second-order valence-electron chi connectivity index (χ2n) is 4.47. The molecule has 106 valence electrons. The van der Waals surface area contributed by atoms with Crippen molar-refractivity contribution in [2.24, 2.45) is 0 Å². The SMILES string of the molecule is Cc1ccncc1NC(=O)c1ccccc1C#CCCO. The highest BCUT2D eigenvalue weighted by Crippen LogP contribution is 2.15. The molecule has 2 N–H and O–H groups in total. The Bertz CT molecular complexity index is 699. The first-order valence-corrected chi connectivity index (χ1v) is 6.63. The predicted molar refractivity (Wildman–Crippen MR) is 82.0 cm³/mol. The molecular weight excluding hydrogens is 264 g/mol. The Hall–Kier alpha value is -2.64. The maximum Gasteiger partial charge on any atom is 0.256 e. The second kappa shape index (κ2) is 7.22. The van der Waals surface area contributed by atoms with E-state index < -0.39 is 0 Å². The summed E-state index contributed by atoms with van der Waals surface area (Å²) in [6.45, 7) is 1.92. The molecule has 0 aliphatic heterocycles. The molecule has 0 saturated carbocycles. The smallest absolute Gasteiger partial charge is 0.256 e. The van der Waals surface area contributed by atoms with Gasteiger partial charge in [0.25, 0.3) is 5.91 Å². The number of aliphatic hydroxyl groups is 1. The van der Waals surface area contributed by atoms with Gasteiger partial charge < -0.3 is 10.4 Å². The third-order valence-corrected chi connectivity index (χ3v) is 2.92. The highest BCUT2D eigenvalue weighted by atomic mass is 16.2. The van der Waals surface area contributed by atoms with E-state index in [2.05, 4.69) is 22.1 Å². The Labute approximate surface area is 123 Å². The van der Waals surface area contributed by atoms with Crippen molar-refractivity contribution in [2.75, 3.05) is 11.9 Å². The molecule has 0 aliphatic rings. The quantitative estimate of drug-likeness (QED) is 0.849. The van der Waals surface area contributed by atoms with E-state index >= 15 is 0 Å². The normalized spacial score (nSPS) is 9.62. The molecular formula is C17H16N2O2. The van der Waals surface area contributed by atoms with Gasteiger partial charge in [0, 0.05) is 18.2 Å². The summed E-state index contributed by atoms with van der Waals surface area (Å²) in [6.07, 6.45) is 3.68. The van der Waals surface area contributed by atoms with Gasteiger partial charge in [-0.05, 0) is 30.7 Å². The fourth-order valence-corrected chi connectivity index (χ4v) is 1.79. The van der Waals surface area contributed by atoms with Crippen LogP contribution in [0.4, 0.5) is 5.69 Å². The standard InChI is InChI=1S/C17H16N2O2/c1-13-9-10-18-12-16(13)19-17(21)15-8-3-2-6-14(15)7-4-5-11-20/h2-3,6,8-10,12,20H,5,11H2,1H3,(H,19,21). The summed E-state index contributed by atoms with van der Waals surface area (Å²) in [6, 6.07) is 8.97. The van der Waals surface area contributed by atoms with Crippen LogP contribution >= 0.6 is 0 Å². The number of nitrogens with zero attached hydrogens (tertiary/aromatic N) is 1. The minimum atomic E-state index is -0.222. The lowest BCUT2D eigenvalue weighted by molar-refractivity contribution is 0.102. The molecule has 0 saturated heterocycles. The summed E-state index contributed by atoms with van der Waals surface area (Å²) >= 11 is 0. The number of carbonyl (C=O) groups excluding carboxylic acids is 1. The number of nitrogens with one attached hydrogen (secondary N) is 1. The van der Waals surface area contributed by atoms with Crippen LogP contribution < -0.4 is 5.32 Å². The van der Waals surface area contributed by atoms with Crippen LogP contribution in [-0.2, 0) is 0 Å². The first kappa shape index (κ1) is 14.8. The van der Waals surface area contributed by atoms with Gasteiger partial charge in [-0.2, -0.15) is 0 Å². The third-order valence-electron chi connectivity index (χ3n) is 2.92. The van der Waals surface area contributed by atoms with Crippen LogP contribution in [0, 0.1) is 18.8 Å². The molecule has 2 aromatic rings. The first-order chi connectivity index (χ1) is 10.2. The molecule has 0 spiro atoms. The van der Waals surface area contributed by atoms with Gasteiger partial charge in [-0.15, -0.1) is 0 Å². The summed E-state index contributed by atoms with van der Waals surface area (Å²) < 4.78 is 0. The number of amides is 1. The van der Waals surface area contributed by atoms with Crippen LogP contribution in [0.3, 0.4) is 0 Å². The zero-order valence-electron chi connectivity index (χ0n) is 11.8. The number of aliphatic hydroxyl groups excluding tert-OH is 1. The fraction of sp³-hybridized carbons (Fsp3) is 0.176. The summed E-state index contributed by atoms with van der Waals surface area (Å²) in [7, 11) is 0. The average molecular weight is 280 g/mol. The van der Waals surface area contributed by atoms with E-state index in [0.29, 0.717) is 23.2 Å². The number of hydrogen-bond acceptors (Lipinski definition) is 3. The number of hydrogen-bond donors (Lipinski definition) is 2. The molecule has 1 aromatic heterocycles. The molecule has 1 heterocycles. The van der Waals surface area contributed by atoms with Crippen molar-refractivity contribution in [1.29, 1.82) is 0 Å². The van der Waals surface area contributed by atoms with E-state index in [1.165, 1.54) is 0 Å². The van der Waals surface area contributed by atoms with E-state index in [-0.39, 0.29) is 12.5 Å². The lowest BCUT2D eigenvalue weighted by Crippen LogP contribution is -2.14. The summed E-state index contributed by atoms with van der Waals surface area (Å²) in [5, 5.41) is 11.6. The zero-order chi connectivity index (χ0) is 15.1. The maximum atomic E-state index is 12.4. The van der Waals surface area contributed by atoms with E-state index in [1.54, 1.807) is 30.6 Å². The predicted octanol–water partition coefficient (Wildman–Crippen LogP) is 2.38. The minimum absolute atomic E-state index is 0.0102. The molecule has 0 unspecified atom stereocenters. The van der Waals surface area contributed by atoms with Crippen molar-refractivity contribution in [3.05, 3.63) is 59.4 Å². The summed E-state index contributed by atoms with van der Waals surface area (Å²) in [5.74, 6) is 5.52. The number of rotatable bonds is 3. The van der Waals surface area contributed by atoms with Gasteiger partial charge in [-0.1, -0.05) is 24.0 Å². The Morgan fingerprint density at radius 3 is 2.90 bits per heavy atom. The zero-order valence-corrected chi connectivity index (χ0v) is 11.8. The van der Waals surface area contributed by atoms with E-state index in [9.17, 15) is 4.79 Å². The maximum absolute atomic E-state index is 12.4. The van der Waals surface area contributed by atoms with Crippen molar-refractivity contribution in [3.63, 3.8) is 0 Å². The van der Waals surface area contributed by atoms with Gasteiger partial charge in [-0.25, -0.2) is 0 Å². The lowest BCUT2D eigenvalue weighted by Gasteiger charge is -2.08. The van der Waals surface area contributed by atoms with Crippen LogP contribution in [0.5, 0.6) is 0 Å². The van der Waals surface area contributed by atoms with Crippen LogP contribution in [-0.4, -0.2) is 22.6 Å². The molecule has 21 heavy (non-hydrogen) atoms. The summed E-state index contributed by atoms with van der Waals surface area (Å²) in [4.78, 5) is 16.4. The van der Waals surface area contributed by atoms with E-state index in [0.717, 1.165) is 5.56 Å². The number of aromatic nitrogens is 1. The van der Waals surface area contributed by atoms with Crippen LogP contribution in [0.15, 0.2) is 42.7 Å². The molecule has 4 nitrogen and oxygen atoms in total. The van der Waals surface area contributed by atoms with Crippen LogP contribution in [0.1, 0.15) is 27.9 Å². The molecule has 1 amide bonds. The molecule has 0 bridgehead atoms. The van der Waals surface area contributed by atoms with Gasteiger partial charge in [0.05, 0.1) is 24.1 Å². The highest BCUT2D eigenvalue weighted by molar-refractivity contribution is 6.06. The number of aryl methyl sites for hydroxylation is 1. The van der Waals surface area contributed by atoms with E-state index in [4.69, 9.17) is 5.11 Å². The molecule has 2 rings (SSSR count). The highest BCUT2D eigenvalue weighted by Gasteiger charge is 2.10. The van der Waals surface area contributed by atoms with Gasteiger partial charge in [-0.3, -0.25) is 9.78 Å². The molecule has 0 fully saturated rings. The molecule has 1 aromatic carbocycles. The van der Waals surface area contributed by atoms with Crippen molar-refractivity contribution in [3.8, 4) is 11.8 Å². The largest absolute Gasteiger partial charge is 0.395 e. The molecule has 0 atom stereocenters. The topological polar surface area (TPSA) is 62.2 Å². The third kappa shape index (κ3) is 3.91. The Balaban J connectivity index is 2.24. The van der Waals surface area contributed by atoms with Crippen molar-refractivity contribution in [1.82, 2.24) is 4.98 Å². The van der Waals surface area contributed by atoms with E-state index in [1.807, 2.05) is 19.1 Å². The number of pyridine rings is 1. The Morgan fingerprint density at radius 1 is 1.33 bits per heavy atom. The average Bonchev–Trinajstić information content (AvgIpc) is 2.50. The molecule has 0 aliphatic carbocycles. The Morgan fingerprint density at radius 2 is 2.14 bits per heavy atom. The monoisotopic (exact) mass is 280 g/mol. The van der Waals surface area contributed by atoms with Crippen molar-refractivity contribution < 1.29 is 9.90 Å². The van der Waals surface area contributed by atoms with Crippen molar-refractivity contribution in [2.45, 2.75) is 13.3 Å². The summed E-state index contributed by atoms with van der Waals surface area (Å²) in [5.41, 5.74) is 2.78. The van der Waals surface area contributed by atoms with Gasteiger partial charge >= 0.3 is 0 Å². The van der Waals surface area contributed by atoms with Gasteiger partial charge in [0.1, 0.15) is 0 Å².